The highest BCUT2D eigenvalue weighted by molar-refractivity contribution is 8.04. The first-order valence-corrected chi connectivity index (χ1v) is 7.94. The Balaban J connectivity index is 0.00000220. The molecule has 1 amide bonds. The molecule has 0 aromatic heterocycles. The Morgan fingerprint density at radius 2 is 2.10 bits per heavy atom. The van der Waals surface area contributed by atoms with E-state index in [1.165, 1.54) is 17.8 Å². The van der Waals surface area contributed by atoms with Crippen LogP contribution in [-0.4, -0.2) is 73.3 Å². The SMILES string of the molecule is CCOC(=O)/C=C1\SCC(=O)N1CCN1CCNCC1.Cl. The number of rotatable bonds is 5. The van der Waals surface area contributed by atoms with Crippen LogP contribution in [0.15, 0.2) is 11.1 Å². The number of amides is 1. The minimum absolute atomic E-state index is 0. The lowest BCUT2D eigenvalue weighted by atomic mass is 10.3. The zero-order valence-corrected chi connectivity index (χ0v) is 13.8. The van der Waals surface area contributed by atoms with Crippen LogP contribution >= 0.6 is 24.2 Å². The predicted molar refractivity (Wildman–Crippen MR) is 85.4 cm³/mol. The molecule has 0 bridgehead atoms. The first-order valence-electron chi connectivity index (χ1n) is 6.95. The molecular formula is C13H22ClN3O3S. The van der Waals surface area contributed by atoms with E-state index in [2.05, 4.69) is 10.2 Å². The molecular weight excluding hydrogens is 314 g/mol. The van der Waals surface area contributed by atoms with Crippen LogP contribution < -0.4 is 5.32 Å². The van der Waals surface area contributed by atoms with Crippen molar-refractivity contribution in [2.24, 2.45) is 0 Å². The monoisotopic (exact) mass is 335 g/mol. The van der Waals surface area contributed by atoms with Crippen molar-refractivity contribution < 1.29 is 14.3 Å². The Morgan fingerprint density at radius 1 is 1.38 bits per heavy atom. The number of thioether (sulfide) groups is 1. The van der Waals surface area contributed by atoms with E-state index in [1.807, 2.05) is 0 Å². The molecule has 2 rings (SSSR count). The first kappa shape index (κ1) is 18.3. The normalized spacial score (nSPS) is 21.5. The van der Waals surface area contributed by atoms with Gasteiger partial charge in [-0.2, -0.15) is 0 Å². The molecule has 0 unspecified atom stereocenters. The van der Waals surface area contributed by atoms with Crippen LogP contribution in [0.2, 0.25) is 0 Å². The topological polar surface area (TPSA) is 61.9 Å². The highest BCUT2D eigenvalue weighted by Gasteiger charge is 2.27. The van der Waals surface area contributed by atoms with E-state index in [9.17, 15) is 9.59 Å². The predicted octanol–water partition coefficient (Wildman–Crippen LogP) is 0.293. The molecule has 2 fully saturated rings. The zero-order chi connectivity index (χ0) is 14.4. The molecule has 0 saturated carbocycles. The van der Waals surface area contributed by atoms with Gasteiger partial charge in [-0.3, -0.25) is 9.69 Å². The quantitative estimate of drug-likeness (QED) is 0.576. The van der Waals surface area contributed by atoms with Crippen molar-refractivity contribution in [2.75, 3.05) is 51.6 Å². The van der Waals surface area contributed by atoms with Crippen molar-refractivity contribution in [1.29, 1.82) is 0 Å². The van der Waals surface area contributed by atoms with Crippen molar-refractivity contribution in [2.45, 2.75) is 6.92 Å². The molecule has 8 heteroatoms. The lowest BCUT2D eigenvalue weighted by molar-refractivity contribution is -0.137. The number of hydrogen-bond donors (Lipinski definition) is 1. The molecule has 1 N–H and O–H groups in total. The number of nitrogens with one attached hydrogen (secondary N) is 1. The molecule has 0 aromatic rings. The Hall–Kier alpha value is -0.760. The second kappa shape index (κ2) is 9.30. The van der Waals surface area contributed by atoms with Gasteiger partial charge in [-0.1, -0.05) is 11.8 Å². The van der Waals surface area contributed by atoms with Gasteiger partial charge in [0.15, 0.2) is 0 Å². The number of piperazine rings is 1. The number of hydrogen-bond acceptors (Lipinski definition) is 6. The fourth-order valence-electron chi connectivity index (χ4n) is 2.23. The third kappa shape index (κ3) is 5.50. The summed E-state index contributed by atoms with van der Waals surface area (Å²) in [6.07, 6.45) is 1.43. The molecule has 21 heavy (non-hydrogen) atoms. The molecule has 2 heterocycles. The average molecular weight is 336 g/mol. The fourth-order valence-corrected chi connectivity index (χ4v) is 3.19. The van der Waals surface area contributed by atoms with E-state index in [1.54, 1.807) is 11.8 Å². The number of ether oxygens (including phenoxy) is 1. The van der Waals surface area contributed by atoms with Crippen LogP contribution in [0, 0.1) is 0 Å². The van der Waals surface area contributed by atoms with Crippen LogP contribution in [0.1, 0.15) is 6.92 Å². The summed E-state index contributed by atoms with van der Waals surface area (Å²) in [5.74, 6) is 0.102. The van der Waals surface area contributed by atoms with Gasteiger partial charge in [0, 0.05) is 39.3 Å². The van der Waals surface area contributed by atoms with Gasteiger partial charge in [0.1, 0.15) is 0 Å². The van der Waals surface area contributed by atoms with Gasteiger partial charge in [0.05, 0.1) is 23.5 Å². The van der Waals surface area contributed by atoms with Crippen molar-refractivity contribution in [3.05, 3.63) is 11.1 Å². The third-order valence-corrected chi connectivity index (χ3v) is 4.31. The molecule has 0 radical (unpaired) electrons. The van der Waals surface area contributed by atoms with E-state index in [0.29, 0.717) is 23.9 Å². The summed E-state index contributed by atoms with van der Waals surface area (Å²) in [7, 11) is 0. The summed E-state index contributed by atoms with van der Waals surface area (Å²) in [5.41, 5.74) is 0. The largest absolute Gasteiger partial charge is 0.463 e. The zero-order valence-electron chi connectivity index (χ0n) is 12.2. The highest BCUT2D eigenvalue weighted by atomic mass is 35.5. The fraction of sp³-hybridized carbons (Fsp3) is 0.692. The molecule has 120 valence electrons. The standard InChI is InChI=1S/C13H21N3O3S.ClH/c1-2-19-13(18)9-12-16(11(17)10-20-12)8-7-15-5-3-14-4-6-15;/h9,14H,2-8,10H2,1H3;1H/b12-9-;. The lowest BCUT2D eigenvalue weighted by Gasteiger charge is -2.29. The van der Waals surface area contributed by atoms with Gasteiger partial charge in [-0.05, 0) is 6.92 Å². The van der Waals surface area contributed by atoms with E-state index < -0.39 is 0 Å². The number of halogens is 1. The second-order valence-electron chi connectivity index (χ2n) is 4.66. The van der Waals surface area contributed by atoms with Crippen molar-refractivity contribution in [3.63, 3.8) is 0 Å². The highest BCUT2D eigenvalue weighted by Crippen LogP contribution is 2.28. The van der Waals surface area contributed by atoms with E-state index in [-0.39, 0.29) is 24.3 Å². The third-order valence-electron chi connectivity index (χ3n) is 3.29. The number of esters is 1. The lowest BCUT2D eigenvalue weighted by Crippen LogP contribution is -2.46. The van der Waals surface area contributed by atoms with Gasteiger partial charge in [-0.25, -0.2) is 4.79 Å². The van der Waals surface area contributed by atoms with Crippen LogP contribution in [0.25, 0.3) is 0 Å². The summed E-state index contributed by atoms with van der Waals surface area (Å²) in [6.45, 7) is 7.60. The molecule has 2 saturated heterocycles. The van der Waals surface area contributed by atoms with E-state index in [4.69, 9.17) is 4.74 Å². The summed E-state index contributed by atoms with van der Waals surface area (Å²) in [4.78, 5) is 27.4. The van der Waals surface area contributed by atoms with Crippen LogP contribution in [0.5, 0.6) is 0 Å². The summed E-state index contributed by atoms with van der Waals surface area (Å²) < 4.78 is 4.90. The van der Waals surface area contributed by atoms with Crippen molar-refractivity contribution in [1.82, 2.24) is 15.1 Å². The molecule has 0 aliphatic carbocycles. The summed E-state index contributed by atoms with van der Waals surface area (Å²) >= 11 is 1.41. The molecule has 2 aliphatic rings. The average Bonchev–Trinajstić information content (AvgIpc) is 2.78. The molecule has 2 aliphatic heterocycles. The van der Waals surface area contributed by atoms with Crippen LogP contribution in [0.4, 0.5) is 0 Å². The summed E-state index contributed by atoms with van der Waals surface area (Å²) in [6, 6.07) is 0. The minimum Gasteiger partial charge on any atom is -0.463 e. The maximum atomic E-state index is 11.9. The Kier molecular flexibility index (Phi) is 8.10. The van der Waals surface area contributed by atoms with Crippen LogP contribution in [-0.2, 0) is 14.3 Å². The number of nitrogens with zero attached hydrogens (tertiary/aromatic N) is 2. The smallest absolute Gasteiger partial charge is 0.333 e. The molecule has 0 aromatic carbocycles. The number of carbonyl (C=O) groups is 2. The van der Waals surface area contributed by atoms with Crippen molar-refractivity contribution >= 4 is 36.0 Å². The van der Waals surface area contributed by atoms with Gasteiger partial charge in [0.25, 0.3) is 0 Å². The molecule has 6 nitrogen and oxygen atoms in total. The Labute approximate surface area is 135 Å². The van der Waals surface area contributed by atoms with E-state index in [0.717, 1.165) is 32.7 Å². The van der Waals surface area contributed by atoms with Crippen LogP contribution in [0.3, 0.4) is 0 Å². The molecule has 0 spiro atoms. The minimum atomic E-state index is -0.378. The summed E-state index contributed by atoms with van der Waals surface area (Å²) in [5, 5.41) is 4.01. The second-order valence-corrected chi connectivity index (χ2v) is 5.66. The Morgan fingerprint density at radius 3 is 2.76 bits per heavy atom. The number of carbonyl (C=O) groups excluding carboxylic acids is 2. The first-order chi connectivity index (χ1) is 9.70. The van der Waals surface area contributed by atoms with Gasteiger partial charge >= 0.3 is 5.97 Å². The van der Waals surface area contributed by atoms with Gasteiger partial charge in [0.2, 0.25) is 5.91 Å². The van der Waals surface area contributed by atoms with Gasteiger partial charge in [-0.15, -0.1) is 12.4 Å². The van der Waals surface area contributed by atoms with Gasteiger partial charge < -0.3 is 15.0 Å². The Bertz CT molecular complexity index is 400. The van der Waals surface area contributed by atoms with Crippen molar-refractivity contribution in [3.8, 4) is 0 Å². The maximum Gasteiger partial charge on any atom is 0.333 e. The molecule has 0 atom stereocenters. The maximum absolute atomic E-state index is 11.9. The van der Waals surface area contributed by atoms with E-state index >= 15 is 0 Å².